The smallest absolute Gasteiger partial charge is 0.271 e. The number of hydrogen-bond donors (Lipinski definition) is 1. The van der Waals surface area contributed by atoms with Gasteiger partial charge in [-0.25, -0.2) is 8.42 Å². The maximum atomic E-state index is 14.2. The van der Waals surface area contributed by atoms with Gasteiger partial charge in [0.15, 0.2) is 0 Å². The van der Waals surface area contributed by atoms with E-state index in [1.807, 2.05) is 6.07 Å². The molecule has 230 valence electrons. The molecule has 0 radical (unpaired) electrons. The zero-order chi connectivity index (χ0) is 31.9. The largest absolute Gasteiger partial charge is 0.495 e. The molecule has 0 aromatic heterocycles. The zero-order valence-corrected chi connectivity index (χ0v) is 26.3. The number of sulfonamides is 1. The molecule has 0 aliphatic heterocycles. The fourth-order valence-corrected chi connectivity index (χ4v) is 5.73. The highest BCUT2D eigenvalue weighted by Crippen LogP contribution is 2.34. The molecule has 0 spiro atoms. The predicted molar refractivity (Wildman–Crippen MR) is 166 cm³/mol. The Morgan fingerprint density at radius 3 is 2.19 bits per heavy atom. The Balaban J connectivity index is 2.17. The minimum atomic E-state index is -4.20. The molecule has 0 unspecified atom stereocenters. The van der Waals surface area contributed by atoms with Crippen molar-refractivity contribution < 1.29 is 27.7 Å². The topological polar surface area (TPSA) is 139 Å². The minimum Gasteiger partial charge on any atom is -0.495 e. The first-order valence-electron chi connectivity index (χ1n) is 13.1. The summed E-state index contributed by atoms with van der Waals surface area (Å²) in [6.07, 6.45) is 0.951. The lowest BCUT2D eigenvalue weighted by Crippen LogP contribution is -2.54. The Morgan fingerprint density at radius 1 is 1.02 bits per heavy atom. The summed E-state index contributed by atoms with van der Waals surface area (Å²) in [7, 11) is -2.94. The van der Waals surface area contributed by atoms with Crippen molar-refractivity contribution >= 4 is 56.4 Å². The van der Waals surface area contributed by atoms with Crippen molar-refractivity contribution in [2.75, 3.05) is 24.2 Å². The number of hydrogen-bond acceptors (Lipinski definition) is 7. The third-order valence-electron chi connectivity index (χ3n) is 6.41. The second kappa shape index (κ2) is 14.5. The number of amides is 2. The Bertz CT molecular complexity index is 1570. The van der Waals surface area contributed by atoms with Gasteiger partial charge in [0.05, 0.1) is 18.3 Å². The number of methoxy groups -OCH3 is 1. The Morgan fingerprint density at radius 2 is 1.65 bits per heavy atom. The highest BCUT2D eigenvalue weighted by molar-refractivity contribution is 7.92. The summed E-state index contributed by atoms with van der Waals surface area (Å²) in [6.45, 7) is 2.51. The summed E-state index contributed by atoms with van der Waals surface area (Å²) >= 11 is 12.9. The van der Waals surface area contributed by atoms with Gasteiger partial charge in [0.2, 0.25) is 21.8 Å². The van der Waals surface area contributed by atoms with Crippen LogP contribution >= 0.6 is 23.2 Å². The molecule has 43 heavy (non-hydrogen) atoms. The fraction of sp³-hybridized carbons (Fsp3) is 0.310. The van der Waals surface area contributed by atoms with Crippen molar-refractivity contribution in [3.8, 4) is 5.75 Å². The third-order valence-corrected chi connectivity index (χ3v) is 8.25. The van der Waals surface area contributed by atoms with Crippen LogP contribution in [-0.4, -0.2) is 62.0 Å². The summed E-state index contributed by atoms with van der Waals surface area (Å²) < 4.78 is 32.1. The summed E-state index contributed by atoms with van der Waals surface area (Å²) in [5, 5.41) is 14.8. The molecular formula is C29H32Cl2N4O7S. The Labute approximate surface area is 260 Å². The highest BCUT2D eigenvalue weighted by Gasteiger charge is 2.35. The maximum absolute atomic E-state index is 14.2. The number of nitrogens with one attached hydrogen (secondary N) is 1. The van der Waals surface area contributed by atoms with E-state index in [0.717, 1.165) is 24.0 Å². The fourth-order valence-electron chi connectivity index (χ4n) is 4.37. The van der Waals surface area contributed by atoms with Crippen molar-refractivity contribution in [1.29, 1.82) is 0 Å². The van der Waals surface area contributed by atoms with Crippen LogP contribution in [0.1, 0.15) is 25.0 Å². The average molecular weight is 652 g/mol. The normalized spacial score (nSPS) is 12.0. The molecule has 0 aliphatic carbocycles. The van der Waals surface area contributed by atoms with E-state index < -0.39 is 45.0 Å². The van der Waals surface area contributed by atoms with Crippen LogP contribution in [0.15, 0.2) is 66.7 Å². The monoisotopic (exact) mass is 650 g/mol. The summed E-state index contributed by atoms with van der Waals surface area (Å²) in [5.74, 6) is -1.27. The van der Waals surface area contributed by atoms with Gasteiger partial charge in [-0.2, -0.15) is 0 Å². The molecule has 1 atom stereocenters. The van der Waals surface area contributed by atoms with Gasteiger partial charge in [-0.15, -0.1) is 0 Å². The number of non-ortho nitro benzene ring substituents is 1. The summed E-state index contributed by atoms with van der Waals surface area (Å²) in [6, 6.07) is 15.8. The second-order valence-corrected chi connectivity index (χ2v) is 12.7. The molecule has 3 aromatic rings. The van der Waals surface area contributed by atoms with Crippen molar-refractivity contribution in [1.82, 2.24) is 10.2 Å². The number of halogens is 2. The molecule has 0 heterocycles. The van der Waals surface area contributed by atoms with Crippen LogP contribution in [-0.2, 0) is 32.6 Å². The molecule has 0 fully saturated rings. The van der Waals surface area contributed by atoms with Crippen LogP contribution in [0.5, 0.6) is 5.75 Å². The molecule has 3 rings (SSSR count). The standard InChI is InChI=1S/C29H32Cl2N4O7S/c1-19(2)32-29(37)26(15-20-9-6-5-7-10-20)33(17-22-23(30)11-8-12-24(22)31)28(36)18-34(43(4,40)41)25-16-21(35(38)39)13-14-27(25)42-3/h5-14,16,19,26H,15,17-18H2,1-4H3,(H,32,37)/t26-/m1/s1. The Kier molecular flexibility index (Phi) is 11.4. The minimum absolute atomic E-state index is 0.0112. The molecule has 0 saturated heterocycles. The summed E-state index contributed by atoms with van der Waals surface area (Å²) in [5.41, 5.74) is 0.479. The van der Waals surface area contributed by atoms with Crippen molar-refractivity contribution in [3.05, 3.63) is 98.0 Å². The molecule has 3 aromatic carbocycles. The van der Waals surface area contributed by atoms with Crippen LogP contribution in [0.3, 0.4) is 0 Å². The van der Waals surface area contributed by atoms with Crippen molar-refractivity contribution in [3.63, 3.8) is 0 Å². The van der Waals surface area contributed by atoms with E-state index in [4.69, 9.17) is 27.9 Å². The van der Waals surface area contributed by atoms with Gasteiger partial charge in [-0.1, -0.05) is 59.6 Å². The van der Waals surface area contributed by atoms with Gasteiger partial charge in [0, 0.05) is 46.7 Å². The summed E-state index contributed by atoms with van der Waals surface area (Å²) in [4.78, 5) is 39.9. The Hall–Kier alpha value is -3.87. The van der Waals surface area contributed by atoms with Crippen LogP contribution in [0.2, 0.25) is 10.0 Å². The number of nitro groups is 1. The quantitative estimate of drug-likeness (QED) is 0.206. The van der Waals surface area contributed by atoms with Gasteiger partial charge in [-0.05, 0) is 37.6 Å². The first-order valence-corrected chi connectivity index (χ1v) is 15.7. The second-order valence-electron chi connectivity index (χ2n) is 9.97. The molecule has 0 saturated carbocycles. The maximum Gasteiger partial charge on any atom is 0.271 e. The van der Waals surface area contributed by atoms with Crippen LogP contribution in [0, 0.1) is 10.1 Å². The highest BCUT2D eigenvalue weighted by atomic mass is 35.5. The van der Waals surface area contributed by atoms with E-state index in [0.29, 0.717) is 9.87 Å². The van der Waals surface area contributed by atoms with E-state index in [1.54, 1.807) is 56.3 Å². The SMILES string of the molecule is COc1ccc([N+](=O)[O-])cc1N(CC(=O)N(Cc1c(Cl)cccc1Cl)[C@H](Cc1ccccc1)C(=O)NC(C)C)S(C)(=O)=O. The molecule has 2 amide bonds. The van der Waals surface area contributed by atoms with E-state index >= 15 is 0 Å². The number of benzene rings is 3. The molecule has 0 bridgehead atoms. The zero-order valence-electron chi connectivity index (χ0n) is 24.0. The van der Waals surface area contributed by atoms with E-state index in [1.165, 1.54) is 18.1 Å². The number of ether oxygens (including phenoxy) is 1. The lowest BCUT2D eigenvalue weighted by Gasteiger charge is -2.34. The third kappa shape index (κ3) is 8.82. The molecule has 11 nitrogen and oxygen atoms in total. The number of rotatable bonds is 13. The van der Waals surface area contributed by atoms with Crippen LogP contribution in [0.25, 0.3) is 0 Å². The molecule has 0 aliphatic rings. The van der Waals surface area contributed by atoms with E-state index in [9.17, 15) is 28.1 Å². The molecular weight excluding hydrogens is 619 g/mol. The van der Waals surface area contributed by atoms with Crippen LogP contribution < -0.4 is 14.4 Å². The number of carbonyl (C=O) groups is 2. The number of anilines is 1. The van der Waals surface area contributed by atoms with E-state index in [2.05, 4.69) is 5.32 Å². The number of nitro benzene ring substituents is 1. The van der Waals surface area contributed by atoms with Crippen LogP contribution in [0.4, 0.5) is 11.4 Å². The van der Waals surface area contributed by atoms with Gasteiger partial charge in [0.25, 0.3) is 5.69 Å². The number of carbonyl (C=O) groups excluding carboxylic acids is 2. The molecule has 1 N–H and O–H groups in total. The first kappa shape index (κ1) is 33.6. The predicted octanol–water partition coefficient (Wildman–Crippen LogP) is 4.84. The number of nitrogens with zero attached hydrogens (tertiary/aromatic N) is 3. The van der Waals surface area contributed by atoms with Gasteiger partial charge < -0.3 is 15.0 Å². The molecule has 14 heteroatoms. The first-order chi connectivity index (χ1) is 20.2. The van der Waals surface area contributed by atoms with Gasteiger partial charge in [-0.3, -0.25) is 24.0 Å². The van der Waals surface area contributed by atoms with Gasteiger partial charge in [0.1, 0.15) is 24.0 Å². The average Bonchev–Trinajstić information content (AvgIpc) is 2.94. The van der Waals surface area contributed by atoms with Crippen molar-refractivity contribution in [2.45, 2.75) is 38.9 Å². The lowest BCUT2D eigenvalue weighted by atomic mass is 10.0. The van der Waals surface area contributed by atoms with E-state index in [-0.39, 0.29) is 40.5 Å². The van der Waals surface area contributed by atoms with Gasteiger partial charge >= 0.3 is 0 Å². The lowest BCUT2D eigenvalue weighted by molar-refractivity contribution is -0.384. The van der Waals surface area contributed by atoms with Crippen molar-refractivity contribution in [2.24, 2.45) is 0 Å².